The SMILES string of the molecule is OCCC1(CNC2CC(c3ccccc3Br)C2)CC1. The van der Waals surface area contributed by atoms with Crippen molar-refractivity contribution in [2.45, 2.75) is 44.1 Å². The molecular formula is C16H22BrNO. The maximum Gasteiger partial charge on any atom is 0.0436 e. The molecule has 0 heterocycles. The van der Waals surface area contributed by atoms with Crippen LogP contribution in [0.5, 0.6) is 0 Å². The van der Waals surface area contributed by atoms with Crippen LogP contribution in [-0.2, 0) is 0 Å². The number of halogens is 1. The van der Waals surface area contributed by atoms with Crippen molar-refractivity contribution in [3.05, 3.63) is 34.3 Å². The predicted octanol–water partition coefficient (Wildman–Crippen LogP) is 3.45. The zero-order valence-corrected chi connectivity index (χ0v) is 12.8. The second-order valence-corrected chi connectivity index (χ2v) is 7.10. The van der Waals surface area contributed by atoms with Crippen molar-refractivity contribution >= 4 is 15.9 Å². The highest BCUT2D eigenvalue weighted by Gasteiger charge is 2.42. The van der Waals surface area contributed by atoms with Gasteiger partial charge in [0.05, 0.1) is 0 Å². The Morgan fingerprint density at radius 1 is 1.26 bits per heavy atom. The maximum atomic E-state index is 9.07. The van der Waals surface area contributed by atoms with E-state index < -0.39 is 0 Å². The molecule has 0 aromatic heterocycles. The summed E-state index contributed by atoms with van der Waals surface area (Å²) < 4.78 is 1.25. The van der Waals surface area contributed by atoms with Gasteiger partial charge in [0, 0.05) is 23.7 Å². The summed E-state index contributed by atoms with van der Waals surface area (Å²) in [5.74, 6) is 0.709. The van der Waals surface area contributed by atoms with Gasteiger partial charge in [-0.25, -0.2) is 0 Å². The maximum absolute atomic E-state index is 9.07. The van der Waals surface area contributed by atoms with E-state index in [-0.39, 0.29) is 0 Å². The molecule has 0 unspecified atom stereocenters. The van der Waals surface area contributed by atoms with Crippen LogP contribution in [0.15, 0.2) is 28.7 Å². The van der Waals surface area contributed by atoms with E-state index in [0.717, 1.165) is 13.0 Å². The normalized spacial score (nSPS) is 27.9. The van der Waals surface area contributed by atoms with Crippen LogP contribution < -0.4 is 5.32 Å². The molecule has 2 aliphatic rings. The van der Waals surface area contributed by atoms with Gasteiger partial charge in [0.15, 0.2) is 0 Å². The molecule has 0 radical (unpaired) electrons. The van der Waals surface area contributed by atoms with E-state index in [1.165, 1.54) is 35.7 Å². The second-order valence-electron chi connectivity index (χ2n) is 6.24. The monoisotopic (exact) mass is 323 g/mol. The second kappa shape index (κ2) is 5.55. The first-order valence-corrected chi connectivity index (χ1v) is 8.10. The lowest BCUT2D eigenvalue weighted by Gasteiger charge is -2.37. The van der Waals surface area contributed by atoms with E-state index in [9.17, 15) is 0 Å². The van der Waals surface area contributed by atoms with Gasteiger partial charge in [0.1, 0.15) is 0 Å². The highest BCUT2D eigenvalue weighted by molar-refractivity contribution is 9.10. The minimum absolute atomic E-state index is 0.339. The van der Waals surface area contributed by atoms with Gasteiger partial charge in [-0.3, -0.25) is 0 Å². The number of benzene rings is 1. The standard InChI is InChI=1S/C16H22BrNO/c17-15-4-2-1-3-14(15)12-9-13(10-12)18-11-16(5-6-16)7-8-19/h1-4,12-13,18-19H,5-11H2. The molecule has 0 saturated heterocycles. The van der Waals surface area contributed by atoms with Gasteiger partial charge in [-0.05, 0) is 55.1 Å². The van der Waals surface area contributed by atoms with Gasteiger partial charge in [0.2, 0.25) is 0 Å². The lowest BCUT2D eigenvalue weighted by atomic mass is 9.75. The molecule has 104 valence electrons. The van der Waals surface area contributed by atoms with E-state index in [1.54, 1.807) is 0 Å². The molecular weight excluding hydrogens is 302 g/mol. The molecule has 1 aromatic rings. The molecule has 3 rings (SSSR count). The average molecular weight is 324 g/mol. The Bertz CT molecular complexity index is 438. The third kappa shape index (κ3) is 3.04. The zero-order valence-electron chi connectivity index (χ0n) is 11.2. The van der Waals surface area contributed by atoms with Gasteiger partial charge in [-0.1, -0.05) is 34.1 Å². The molecule has 0 amide bonds. The van der Waals surface area contributed by atoms with Crippen LogP contribution in [0.2, 0.25) is 0 Å². The average Bonchev–Trinajstić information content (AvgIpc) is 3.10. The molecule has 0 atom stereocenters. The van der Waals surface area contributed by atoms with Crippen molar-refractivity contribution in [3.8, 4) is 0 Å². The van der Waals surface area contributed by atoms with Crippen molar-refractivity contribution in [1.82, 2.24) is 5.32 Å². The highest BCUT2D eigenvalue weighted by atomic mass is 79.9. The Kier molecular flexibility index (Phi) is 3.97. The molecule has 3 heteroatoms. The summed E-state index contributed by atoms with van der Waals surface area (Å²) in [6.45, 7) is 1.44. The lowest BCUT2D eigenvalue weighted by Crippen LogP contribution is -2.42. The number of aliphatic hydroxyl groups is 1. The molecule has 2 nitrogen and oxygen atoms in total. The van der Waals surface area contributed by atoms with E-state index in [1.807, 2.05) is 0 Å². The molecule has 0 aliphatic heterocycles. The van der Waals surface area contributed by atoms with Crippen molar-refractivity contribution in [3.63, 3.8) is 0 Å². The summed E-state index contributed by atoms with van der Waals surface area (Å²) in [7, 11) is 0. The fourth-order valence-corrected chi connectivity index (χ4v) is 3.74. The summed E-state index contributed by atoms with van der Waals surface area (Å²) in [4.78, 5) is 0. The fourth-order valence-electron chi connectivity index (χ4n) is 3.13. The Hall–Kier alpha value is -0.380. The molecule has 0 bridgehead atoms. The molecule has 0 spiro atoms. The third-order valence-corrected chi connectivity index (χ3v) is 5.57. The van der Waals surface area contributed by atoms with Crippen LogP contribution in [0.1, 0.15) is 43.6 Å². The Morgan fingerprint density at radius 3 is 2.63 bits per heavy atom. The van der Waals surface area contributed by atoms with Crippen molar-refractivity contribution in [1.29, 1.82) is 0 Å². The Balaban J connectivity index is 1.45. The highest BCUT2D eigenvalue weighted by Crippen LogP contribution is 2.48. The Morgan fingerprint density at radius 2 is 2.00 bits per heavy atom. The first-order valence-electron chi connectivity index (χ1n) is 7.31. The summed E-state index contributed by atoms with van der Waals surface area (Å²) in [5.41, 5.74) is 1.89. The molecule has 2 fully saturated rings. The smallest absolute Gasteiger partial charge is 0.0436 e. The van der Waals surface area contributed by atoms with E-state index in [2.05, 4.69) is 45.5 Å². The minimum Gasteiger partial charge on any atom is -0.396 e. The van der Waals surface area contributed by atoms with Gasteiger partial charge in [0.25, 0.3) is 0 Å². The minimum atomic E-state index is 0.339. The number of hydrogen-bond donors (Lipinski definition) is 2. The van der Waals surface area contributed by atoms with Gasteiger partial charge in [-0.15, -0.1) is 0 Å². The van der Waals surface area contributed by atoms with Gasteiger partial charge >= 0.3 is 0 Å². The topological polar surface area (TPSA) is 32.3 Å². The summed E-state index contributed by atoms with van der Waals surface area (Å²) in [6.07, 6.45) is 6.05. The van der Waals surface area contributed by atoms with Crippen molar-refractivity contribution in [2.24, 2.45) is 5.41 Å². The van der Waals surface area contributed by atoms with Crippen molar-refractivity contribution in [2.75, 3.05) is 13.2 Å². The first-order chi connectivity index (χ1) is 9.22. The zero-order chi connectivity index (χ0) is 13.3. The Labute approximate surface area is 123 Å². The van der Waals surface area contributed by atoms with Gasteiger partial charge in [-0.2, -0.15) is 0 Å². The van der Waals surface area contributed by atoms with Crippen LogP contribution in [-0.4, -0.2) is 24.3 Å². The number of aliphatic hydroxyl groups excluding tert-OH is 1. The number of rotatable bonds is 6. The summed E-state index contributed by atoms with van der Waals surface area (Å²) in [6, 6.07) is 9.25. The van der Waals surface area contributed by atoms with E-state index in [4.69, 9.17) is 5.11 Å². The lowest BCUT2D eigenvalue weighted by molar-refractivity contribution is 0.224. The largest absolute Gasteiger partial charge is 0.396 e. The summed E-state index contributed by atoms with van der Waals surface area (Å²) >= 11 is 3.64. The fraction of sp³-hybridized carbons (Fsp3) is 0.625. The van der Waals surface area contributed by atoms with Gasteiger partial charge < -0.3 is 10.4 Å². The molecule has 2 aliphatic carbocycles. The quantitative estimate of drug-likeness (QED) is 0.840. The van der Waals surface area contributed by atoms with E-state index >= 15 is 0 Å². The number of nitrogens with one attached hydrogen (secondary N) is 1. The third-order valence-electron chi connectivity index (χ3n) is 4.85. The molecule has 2 N–H and O–H groups in total. The van der Waals surface area contributed by atoms with E-state index in [0.29, 0.717) is 24.0 Å². The van der Waals surface area contributed by atoms with Crippen LogP contribution in [0, 0.1) is 5.41 Å². The number of hydrogen-bond acceptors (Lipinski definition) is 2. The van der Waals surface area contributed by atoms with Crippen LogP contribution >= 0.6 is 15.9 Å². The molecule has 19 heavy (non-hydrogen) atoms. The van der Waals surface area contributed by atoms with Crippen molar-refractivity contribution < 1.29 is 5.11 Å². The van der Waals surface area contributed by atoms with Crippen LogP contribution in [0.4, 0.5) is 0 Å². The molecule has 1 aromatic carbocycles. The predicted molar refractivity (Wildman–Crippen MR) is 81.3 cm³/mol. The molecule has 2 saturated carbocycles. The first kappa shape index (κ1) is 13.6. The van der Waals surface area contributed by atoms with Crippen LogP contribution in [0.3, 0.4) is 0 Å². The van der Waals surface area contributed by atoms with Crippen LogP contribution in [0.25, 0.3) is 0 Å². The summed E-state index contributed by atoms with van der Waals surface area (Å²) in [5, 5.41) is 12.8.